The van der Waals surface area contributed by atoms with Crippen LogP contribution in [0.4, 0.5) is 0 Å². The van der Waals surface area contributed by atoms with E-state index in [9.17, 15) is 14.4 Å². The highest BCUT2D eigenvalue weighted by atomic mass is 16.5. The van der Waals surface area contributed by atoms with E-state index in [1.807, 2.05) is 18.2 Å². The summed E-state index contributed by atoms with van der Waals surface area (Å²) in [5.74, 6) is -0.0625. The average molecular weight is 438 g/mol. The molecule has 1 aliphatic heterocycles. The van der Waals surface area contributed by atoms with Crippen LogP contribution in [-0.4, -0.2) is 64.7 Å². The molecule has 1 saturated heterocycles. The van der Waals surface area contributed by atoms with Crippen LogP contribution >= 0.6 is 0 Å². The van der Waals surface area contributed by atoms with Gasteiger partial charge in [0.05, 0.1) is 19.3 Å². The maximum Gasteiger partial charge on any atom is 0.242 e. The fourth-order valence-electron chi connectivity index (χ4n) is 3.74. The van der Waals surface area contributed by atoms with Crippen molar-refractivity contribution in [3.05, 3.63) is 66.0 Å². The zero-order chi connectivity index (χ0) is 22.9. The molecule has 0 N–H and O–H groups in total. The van der Waals surface area contributed by atoms with E-state index >= 15 is 0 Å². The minimum atomic E-state index is -0.311. The number of nitrogens with zero attached hydrogens (tertiary/aromatic N) is 3. The number of carbonyl (C=O) groups is 3. The fourth-order valence-corrected chi connectivity index (χ4v) is 3.74. The van der Waals surface area contributed by atoms with Gasteiger partial charge in [-0.05, 0) is 17.5 Å². The summed E-state index contributed by atoms with van der Waals surface area (Å²) in [7, 11) is 0. The number of Topliss-reactive ketones (excluding diaryl/α,β-unsaturated/α-hetero) is 1. The number of pyridine rings is 1. The van der Waals surface area contributed by atoms with Gasteiger partial charge in [0.25, 0.3) is 0 Å². The first-order valence-electron chi connectivity index (χ1n) is 11.1. The molecule has 2 aromatic rings. The number of benzene rings is 1. The molecule has 1 aromatic heterocycles. The van der Waals surface area contributed by atoms with Crippen molar-refractivity contribution in [1.29, 1.82) is 0 Å². The minimum Gasteiger partial charge on any atom is -0.370 e. The van der Waals surface area contributed by atoms with Crippen molar-refractivity contribution in [3.63, 3.8) is 0 Å². The van der Waals surface area contributed by atoms with Gasteiger partial charge in [-0.1, -0.05) is 50.2 Å². The van der Waals surface area contributed by atoms with Crippen LogP contribution in [0.1, 0.15) is 42.6 Å². The normalized spacial score (nSPS) is 16.8. The van der Waals surface area contributed by atoms with Gasteiger partial charge in [0, 0.05) is 50.4 Å². The van der Waals surface area contributed by atoms with Gasteiger partial charge in [0.2, 0.25) is 11.8 Å². The van der Waals surface area contributed by atoms with E-state index < -0.39 is 0 Å². The summed E-state index contributed by atoms with van der Waals surface area (Å²) in [6.07, 6.45) is 3.32. The predicted octanol–water partition coefficient (Wildman–Crippen LogP) is 2.96. The van der Waals surface area contributed by atoms with E-state index in [2.05, 4.69) is 18.8 Å². The minimum absolute atomic E-state index is 0.0117. The summed E-state index contributed by atoms with van der Waals surface area (Å²) in [5, 5.41) is 0. The van der Waals surface area contributed by atoms with Gasteiger partial charge >= 0.3 is 0 Å². The second-order valence-electron chi connectivity index (χ2n) is 8.55. The van der Waals surface area contributed by atoms with Crippen LogP contribution in [0.25, 0.3) is 0 Å². The van der Waals surface area contributed by atoms with E-state index in [-0.39, 0.29) is 43.1 Å². The van der Waals surface area contributed by atoms with E-state index in [0.717, 1.165) is 5.56 Å². The highest BCUT2D eigenvalue weighted by Gasteiger charge is 2.31. The van der Waals surface area contributed by atoms with Gasteiger partial charge in [-0.15, -0.1) is 0 Å². The summed E-state index contributed by atoms with van der Waals surface area (Å²) in [6.45, 7) is 5.85. The topological polar surface area (TPSA) is 79.8 Å². The Hall–Kier alpha value is -3.06. The number of hydrogen-bond donors (Lipinski definition) is 0. The Balaban J connectivity index is 1.64. The van der Waals surface area contributed by atoms with Gasteiger partial charge < -0.3 is 14.5 Å². The number of carbonyl (C=O) groups excluding carboxylic acids is 3. The van der Waals surface area contributed by atoms with Crippen molar-refractivity contribution in [1.82, 2.24) is 14.8 Å². The van der Waals surface area contributed by atoms with Crippen molar-refractivity contribution in [3.8, 4) is 0 Å². The number of rotatable bonds is 9. The molecule has 0 radical (unpaired) electrons. The molecule has 1 atom stereocenters. The van der Waals surface area contributed by atoms with E-state index in [1.54, 1.807) is 41.6 Å². The third-order valence-electron chi connectivity index (χ3n) is 5.34. The Morgan fingerprint density at radius 1 is 1.09 bits per heavy atom. The summed E-state index contributed by atoms with van der Waals surface area (Å²) >= 11 is 0. The van der Waals surface area contributed by atoms with Gasteiger partial charge in [0.1, 0.15) is 0 Å². The molecule has 0 aliphatic carbocycles. The third-order valence-corrected chi connectivity index (χ3v) is 5.34. The standard InChI is InChI=1S/C25H31N3O4/c1-19(2)14-27-15-22(32-18-20-7-6-12-26-13-20)16-28(17-25(27)31)24(30)11-10-23(29)21-8-4-3-5-9-21/h3-9,12-13,19,22H,10-11,14-18H2,1-2H3. The zero-order valence-corrected chi connectivity index (χ0v) is 18.8. The first-order chi connectivity index (χ1) is 15.4. The van der Waals surface area contributed by atoms with Gasteiger partial charge in [-0.25, -0.2) is 0 Å². The molecule has 1 aromatic carbocycles. The summed E-state index contributed by atoms with van der Waals surface area (Å²) in [4.78, 5) is 45.6. The molecule has 170 valence electrons. The molecule has 1 fully saturated rings. The lowest BCUT2D eigenvalue weighted by atomic mass is 10.1. The molecule has 7 nitrogen and oxygen atoms in total. The molecule has 1 aliphatic rings. The largest absolute Gasteiger partial charge is 0.370 e. The lowest BCUT2D eigenvalue weighted by Gasteiger charge is -2.26. The van der Waals surface area contributed by atoms with Gasteiger partial charge in [-0.2, -0.15) is 0 Å². The Labute approximate surface area is 189 Å². The summed E-state index contributed by atoms with van der Waals surface area (Å²) in [5.41, 5.74) is 1.53. The molecule has 0 bridgehead atoms. The van der Waals surface area contributed by atoms with Crippen molar-refractivity contribution in [2.24, 2.45) is 5.92 Å². The molecular formula is C25H31N3O4. The third kappa shape index (κ3) is 6.99. The number of aromatic nitrogens is 1. The van der Waals surface area contributed by atoms with Crippen molar-refractivity contribution in [2.45, 2.75) is 39.4 Å². The summed E-state index contributed by atoms with van der Waals surface area (Å²) < 4.78 is 6.09. The van der Waals surface area contributed by atoms with Crippen LogP contribution in [0.15, 0.2) is 54.9 Å². The maximum absolute atomic E-state index is 12.9. The molecule has 3 rings (SSSR count). The molecule has 1 unspecified atom stereocenters. The van der Waals surface area contributed by atoms with Gasteiger partial charge in [0.15, 0.2) is 5.78 Å². The Morgan fingerprint density at radius 2 is 1.88 bits per heavy atom. The lowest BCUT2D eigenvalue weighted by molar-refractivity contribution is -0.139. The number of ketones is 1. The highest BCUT2D eigenvalue weighted by Crippen LogP contribution is 2.15. The van der Waals surface area contributed by atoms with Gasteiger partial charge in [-0.3, -0.25) is 19.4 Å². The van der Waals surface area contributed by atoms with E-state index in [0.29, 0.717) is 37.7 Å². The van der Waals surface area contributed by atoms with Crippen LogP contribution in [0, 0.1) is 5.92 Å². The zero-order valence-electron chi connectivity index (χ0n) is 18.8. The molecule has 0 spiro atoms. The monoisotopic (exact) mass is 437 g/mol. The average Bonchev–Trinajstić information content (AvgIpc) is 2.95. The number of amides is 2. The predicted molar refractivity (Wildman–Crippen MR) is 121 cm³/mol. The number of hydrogen-bond acceptors (Lipinski definition) is 5. The molecule has 0 saturated carbocycles. The van der Waals surface area contributed by atoms with Crippen molar-refractivity contribution >= 4 is 17.6 Å². The van der Waals surface area contributed by atoms with E-state index in [1.165, 1.54) is 4.90 Å². The van der Waals surface area contributed by atoms with Crippen LogP contribution in [-0.2, 0) is 20.9 Å². The Kier molecular flexibility index (Phi) is 8.50. The van der Waals surface area contributed by atoms with Crippen LogP contribution in [0.2, 0.25) is 0 Å². The Morgan fingerprint density at radius 3 is 2.56 bits per heavy atom. The maximum atomic E-state index is 12.9. The van der Waals surface area contributed by atoms with Crippen molar-refractivity contribution < 1.29 is 19.1 Å². The molecule has 7 heteroatoms. The SMILES string of the molecule is CC(C)CN1CC(OCc2cccnc2)CN(C(=O)CCC(=O)c2ccccc2)CC1=O. The second kappa shape index (κ2) is 11.5. The highest BCUT2D eigenvalue weighted by molar-refractivity contribution is 5.98. The van der Waals surface area contributed by atoms with Crippen LogP contribution in [0.5, 0.6) is 0 Å². The summed E-state index contributed by atoms with van der Waals surface area (Å²) in [6, 6.07) is 12.7. The smallest absolute Gasteiger partial charge is 0.242 e. The van der Waals surface area contributed by atoms with Crippen LogP contribution in [0.3, 0.4) is 0 Å². The Bertz CT molecular complexity index is 902. The lowest BCUT2D eigenvalue weighted by Crippen LogP contribution is -2.40. The second-order valence-corrected chi connectivity index (χ2v) is 8.55. The first-order valence-corrected chi connectivity index (χ1v) is 11.1. The number of ether oxygens (including phenoxy) is 1. The quantitative estimate of drug-likeness (QED) is 0.564. The molecular weight excluding hydrogens is 406 g/mol. The first kappa shape index (κ1) is 23.6. The molecule has 32 heavy (non-hydrogen) atoms. The van der Waals surface area contributed by atoms with Crippen LogP contribution < -0.4 is 0 Å². The molecule has 2 amide bonds. The fraction of sp³-hybridized carbons (Fsp3) is 0.440. The van der Waals surface area contributed by atoms with E-state index in [4.69, 9.17) is 4.74 Å². The molecule has 2 heterocycles. The van der Waals surface area contributed by atoms with Crippen molar-refractivity contribution in [2.75, 3.05) is 26.2 Å².